The van der Waals surface area contributed by atoms with E-state index in [-0.39, 0.29) is 11.9 Å². The molecule has 118 valence electrons. The minimum Gasteiger partial charge on any atom is -0.277 e. The van der Waals surface area contributed by atoms with Crippen molar-refractivity contribution in [3.8, 4) is 0 Å². The van der Waals surface area contributed by atoms with Gasteiger partial charge in [0.1, 0.15) is 5.41 Å². The Labute approximate surface area is 130 Å². The summed E-state index contributed by atoms with van der Waals surface area (Å²) in [7, 11) is 0. The first kappa shape index (κ1) is 16.3. The second kappa shape index (κ2) is 6.38. The van der Waals surface area contributed by atoms with Gasteiger partial charge in [-0.25, -0.2) is 4.79 Å². The van der Waals surface area contributed by atoms with Crippen LogP contribution < -0.4 is 5.32 Å². The maximum atomic E-state index is 12.8. The van der Waals surface area contributed by atoms with Crippen LogP contribution in [0.25, 0.3) is 0 Å². The Hall–Kier alpha value is -1.04. The fourth-order valence-electron chi connectivity index (χ4n) is 3.44. The maximum Gasteiger partial charge on any atom is 0.331 e. The Morgan fingerprint density at radius 1 is 1.14 bits per heavy atom. The van der Waals surface area contributed by atoms with Crippen molar-refractivity contribution < 1.29 is 14.4 Å². The molecule has 5 nitrogen and oxygen atoms in total. The van der Waals surface area contributed by atoms with Crippen molar-refractivity contribution in [3.05, 3.63) is 0 Å². The first-order valence-electron chi connectivity index (χ1n) is 7.72. The fraction of sp³-hybridized carbons (Fsp3) is 0.800. The van der Waals surface area contributed by atoms with Crippen LogP contribution in [-0.2, 0) is 9.59 Å². The molecule has 0 spiro atoms. The van der Waals surface area contributed by atoms with E-state index in [4.69, 9.17) is 0 Å². The van der Waals surface area contributed by atoms with Crippen LogP contribution >= 0.6 is 11.8 Å². The molecule has 0 unspecified atom stereocenters. The van der Waals surface area contributed by atoms with Crippen LogP contribution in [0.1, 0.15) is 52.4 Å². The predicted octanol–water partition coefficient (Wildman–Crippen LogP) is 2.55. The second-order valence-corrected chi connectivity index (χ2v) is 7.03. The minimum atomic E-state index is -1.07. The van der Waals surface area contributed by atoms with Crippen LogP contribution in [0.5, 0.6) is 0 Å². The number of hydrogen-bond donors (Lipinski definition) is 1. The molecule has 2 aliphatic rings. The second-order valence-electron chi connectivity index (χ2n) is 5.89. The Morgan fingerprint density at radius 2 is 1.71 bits per heavy atom. The highest BCUT2D eigenvalue weighted by Crippen LogP contribution is 2.37. The number of barbiturate groups is 1. The quantitative estimate of drug-likeness (QED) is 0.810. The molecule has 1 N–H and O–H groups in total. The molecule has 1 aliphatic carbocycles. The van der Waals surface area contributed by atoms with E-state index in [1.165, 1.54) is 4.90 Å². The lowest BCUT2D eigenvalue weighted by Crippen LogP contribution is -2.66. The zero-order valence-corrected chi connectivity index (χ0v) is 13.8. The van der Waals surface area contributed by atoms with E-state index in [9.17, 15) is 14.4 Å². The summed E-state index contributed by atoms with van der Waals surface area (Å²) in [6.07, 6.45) is 6.66. The standard InChI is InChI=1S/C15H24N2O3S/c1-4-15(5-2)12(18)16-14(20)17(13(15)19)10-6-8-11(21-3)9-7-10/h10-11H,4-9H2,1-3H3,(H,16,18,20). The summed E-state index contributed by atoms with van der Waals surface area (Å²) in [5.41, 5.74) is -1.07. The molecule has 0 aromatic carbocycles. The molecule has 21 heavy (non-hydrogen) atoms. The van der Waals surface area contributed by atoms with Gasteiger partial charge in [0.05, 0.1) is 0 Å². The van der Waals surface area contributed by atoms with Crippen molar-refractivity contribution in [3.63, 3.8) is 0 Å². The average molecular weight is 312 g/mol. The van der Waals surface area contributed by atoms with E-state index in [0.29, 0.717) is 18.1 Å². The topological polar surface area (TPSA) is 66.5 Å². The van der Waals surface area contributed by atoms with Gasteiger partial charge in [0.2, 0.25) is 11.8 Å². The highest BCUT2D eigenvalue weighted by Gasteiger charge is 2.53. The lowest BCUT2D eigenvalue weighted by Gasteiger charge is -2.43. The third kappa shape index (κ3) is 2.70. The van der Waals surface area contributed by atoms with Gasteiger partial charge in [-0.05, 0) is 44.8 Å². The molecule has 2 rings (SSSR count). The molecule has 1 aliphatic heterocycles. The van der Waals surface area contributed by atoms with Gasteiger partial charge in [0, 0.05) is 11.3 Å². The number of amides is 4. The highest BCUT2D eigenvalue weighted by molar-refractivity contribution is 7.99. The molecule has 0 atom stereocenters. The van der Waals surface area contributed by atoms with E-state index in [1.54, 1.807) is 0 Å². The zero-order valence-electron chi connectivity index (χ0n) is 13.0. The van der Waals surface area contributed by atoms with Crippen molar-refractivity contribution in [1.82, 2.24) is 10.2 Å². The number of nitrogens with one attached hydrogen (secondary N) is 1. The molecule has 0 radical (unpaired) electrons. The van der Waals surface area contributed by atoms with Crippen molar-refractivity contribution in [2.24, 2.45) is 5.41 Å². The summed E-state index contributed by atoms with van der Waals surface area (Å²) < 4.78 is 0. The summed E-state index contributed by atoms with van der Waals surface area (Å²) in [6.45, 7) is 3.67. The first-order chi connectivity index (χ1) is 10.00. The van der Waals surface area contributed by atoms with E-state index < -0.39 is 17.4 Å². The van der Waals surface area contributed by atoms with Gasteiger partial charge in [-0.2, -0.15) is 11.8 Å². The number of rotatable bonds is 4. The first-order valence-corrected chi connectivity index (χ1v) is 9.00. The normalized spacial score (nSPS) is 29.5. The third-order valence-electron chi connectivity index (χ3n) is 5.05. The van der Waals surface area contributed by atoms with E-state index in [2.05, 4.69) is 11.6 Å². The summed E-state index contributed by atoms with van der Waals surface area (Å²) in [4.78, 5) is 38.5. The van der Waals surface area contributed by atoms with Crippen molar-refractivity contribution >= 4 is 29.6 Å². The molecule has 0 aromatic rings. The molecular formula is C15H24N2O3S. The van der Waals surface area contributed by atoms with Crippen LogP contribution in [0.3, 0.4) is 0 Å². The van der Waals surface area contributed by atoms with Crippen LogP contribution in [0.4, 0.5) is 4.79 Å². The number of carbonyl (C=O) groups is 3. The lowest BCUT2D eigenvalue weighted by molar-refractivity contribution is -0.154. The lowest BCUT2D eigenvalue weighted by atomic mass is 9.77. The Kier molecular flexibility index (Phi) is 4.96. The highest BCUT2D eigenvalue weighted by atomic mass is 32.2. The van der Waals surface area contributed by atoms with Gasteiger partial charge < -0.3 is 0 Å². The summed E-state index contributed by atoms with van der Waals surface area (Å²) >= 11 is 1.85. The molecule has 1 saturated carbocycles. The van der Waals surface area contributed by atoms with Gasteiger partial charge >= 0.3 is 6.03 Å². The number of urea groups is 1. The summed E-state index contributed by atoms with van der Waals surface area (Å²) in [5, 5.41) is 3.02. The third-order valence-corrected chi connectivity index (χ3v) is 6.19. The van der Waals surface area contributed by atoms with Crippen LogP contribution in [0.2, 0.25) is 0 Å². The maximum absolute atomic E-state index is 12.8. The number of thioether (sulfide) groups is 1. The van der Waals surface area contributed by atoms with Crippen LogP contribution in [-0.4, -0.2) is 40.3 Å². The monoisotopic (exact) mass is 312 g/mol. The number of hydrogen-bond acceptors (Lipinski definition) is 4. The predicted molar refractivity (Wildman–Crippen MR) is 83.0 cm³/mol. The summed E-state index contributed by atoms with van der Waals surface area (Å²) in [6, 6.07) is -0.596. The zero-order chi connectivity index (χ0) is 15.6. The number of nitrogens with zero attached hydrogens (tertiary/aromatic N) is 1. The molecule has 1 heterocycles. The SMILES string of the molecule is CCC1(CC)C(=O)NC(=O)N(C2CCC(SC)CC2)C1=O. The molecule has 4 amide bonds. The van der Waals surface area contributed by atoms with Gasteiger partial charge in [-0.3, -0.25) is 19.8 Å². The van der Waals surface area contributed by atoms with Gasteiger partial charge in [0.15, 0.2) is 0 Å². The Bertz CT molecular complexity index is 440. The molecule has 0 bridgehead atoms. The van der Waals surface area contributed by atoms with Crippen molar-refractivity contribution in [2.75, 3.05) is 6.26 Å². The van der Waals surface area contributed by atoms with Gasteiger partial charge in [-0.15, -0.1) is 0 Å². The molecule has 6 heteroatoms. The Morgan fingerprint density at radius 3 is 2.19 bits per heavy atom. The average Bonchev–Trinajstić information content (AvgIpc) is 2.49. The number of imide groups is 2. The smallest absolute Gasteiger partial charge is 0.277 e. The Balaban J connectivity index is 2.21. The summed E-state index contributed by atoms with van der Waals surface area (Å²) in [5.74, 6) is -0.731. The molecule has 0 aromatic heterocycles. The van der Waals surface area contributed by atoms with Crippen LogP contribution in [0.15, 0.2) is 0 Å². The van der Waals surface area contributed by atoms with Gasteiger partial charge in [-0.1, -0.05) is 13.8 Å². The molecule has 1 saturated heterocycles. The minimum absolute atomic E-state index is 0.0634. The molecular weight excluding hydrogens is 288 g/mol. The van der Waals surface area contributed by atoms with E-state index >= 15 is 0 Å². The van der Waals surface area contributed by atoms with Crippen molar-refractivity contribution in [1.29, 1.82) is 0 Å². The van der Waals surface area contributed by atoms with E-state index in [1.807, 2.05) is 25.6 Å². The largest absolute Gasteiger partial charge is 0.331 e. The van der Waals surface area contributed by atoms with Crippen molar-refractivity contribution in [2.45, 2.75) is 63.7 Å². The van der Waals surface area contributed by atoms with E-state index in [0.717, 1.165) is 25.7 Å². The van der Waals surface area contributed by atoms with Crippen LogP contribution in [0, 0.1) is 5.41 Å². The fourth-order valence-corrected chi connectivity index (χ4v) is 4.18. The van der Waals surface area contributed by atoms with Gasteiger partial charge in [0.25, 0.3) is 0 Å². The number of carbonyl (C=O) groups excluding carboxylic acids is 3. The molecule has 2 fully saturated rings.